The van der Waals surface area contributed by atoms with Crippen LogP contribution in [0.3, 0.4) is 0 Å². The van der Waals surface area contributed by atoms with Gasteiger partial charge in [0.1, 0.15) is 11.9 Å². The highest BCUT2D eigenvalue weighted by atomic mass is 16.2. The monoisotopic (exact) mass is 341 g/mol. The van der Waals surface area contributed by atoms with E-state index in [9.17, 15) is 9.59 Å². The van der Waals surface area contributed by atoms with E-state index in [-0.39, 0.29) is 11.8 Å². The summed E-state index contributed by atoms with van der Waals surface area (Å²) < 4.78 is 0. The number of carbonyl (C=O) groups is 2. The number of aromatic amines is 1. The molecule has 2 amide bonds. The number of fused-ring (bicyclic) bond motifs is 1. The number of imidazole rings is 1. The molecule has 7 heteroatoms. The molecule has 0 unspecified atom stereocenters. The summed E-state index contributed by atoms with van der Waals surface area (Å²) in [5, 5.41) is 6.22. The molecule has 1 aliphatic heterocycles. The molecule has 1 atom stereocenters. The van der Waals surface area contributed by atoms with Crippen molar-refractivity contribution in [2.45, 2.75) is 37.8 Å². The van der Waals surface area contributed by atoms with Crippen LogP contribution >= 0.6 is 0 Å². The van der Waals surface area contributed by atoms with Crippen molar-refractivity contribution in [2.24, 2.45) is 0 Å². The third-order valence-electron chi connectivity index (χ3n) is 4.80. The minimum Gasteiger partial charge on any atom is -0.352 e. The quantitative estimate of drug-likeness (QED) is 0.742. The van der Waals surface area contributed by atoms with Crippen molar-refractivity contribution < 1.29 is 9.59 Å². The zero-order valence-corrected chi connectivity index (χ0v) is 14.1. The minimum atomic E-state index is -0.405. The number of rotatable bonds is 5. The number of amides is 2. The molecule has 0 spiro atoms. The van der Waals surface area contributed by atoms with Gasteiger partial charge in [0.05, 0.1) is 11.0 Å². The van der Waals surface area contributed by atoms with Crippen molar-refractivity contribution in [1.29, 1.82) is 0 Å². The number of H-pyrrole nitrogens is 1. The van der Waals surface area contributed by atoms with Gasteiger partial charge < -0.3 is 20.5 Å². The first-order valence-corrected chi connectivity index (χ1v) is 8.95. The maximum atomic E-state index is 12.7. The van der Waals surface area contributed by atoms with E-state index in [1.165, 1.54) is 0 Å². The summed E-state index contributed by atoms with van der Waals surface area (Å²) in [7, 11) is 0. The highest BCUT2D eigenvalue weighted by molar-refractivity contribution is 5.88. The molecule has 1 aromatic carbocycles. The van der Waals surface area contributed by atoms with Crippen LogP contribution < -0.4 is 10.6 Å². The normalized spacial score (nSPS) is 20.6. The number of nitrogens with one attached hydrogen (secondary N) is 3. The number of para-hydroxylation sites is 2. The number of aryl methyl sites for hydroxylation is 1. The number of nitrogens with zero attached hydrogens (tertiary/aromatic N) is 2. The number of hydrogen-bond acceptors (Lipinski definition) is 4. The first kappa shape index (κ1) is 16.1. The van der Waals surface area contributed by atoms with E-state index in [0.29, 0.717) is 32.0 Å². The standard InChI is InChI=1S/C18H23N5O2/c24-17(8-7-16-21-13-3-1-2-4-14(13)22-16)23-10-9-19-11-15(23)18(25)20-12-5-6-12/h1-4,12,15,19H,5-11H2,(H,20,25)(H,21,22)/t15-/m0/s1. The Balaban J connectivity index is 1.38. The summed E-state index contributed by atoms with van der Waals surface area (Å²) in [5.41, 5.74) is 1.89. The fourth-order valence-electron chi connectivity index (χ4n) is 3.26. The largest absolute Gasteiger partial charge is 0.352 e. The van der Waals surface area contributed by atoms with E-state index in [4.69, 9.17) is 0 Å². The summed E-state index contributed by atoms with van der Waals surface area (Å²) in [4.78, 5) is 34.6. The fourth-order valence-corrected chi connectivity index (χ4v) is 3.26. The molecular formula is C18H23N5O2. The Morgan fingerprint density at radius 1 is 1.28 bits per heavy atom. The third-order valence-corrected chi connectivity index (χ3v) is 4.80. The van der Waals surface area contributed by atoms with Gasteiger partial charge in [-0.15, -0.1) is 0 Å². The van der Waals surface area contributed by atoms with Gasteiger partial charge in [0.25, 0.3) is 0 Å². The van der Waals surface area contributed by atoms with Crippen LogP contribution in [0.25, 0.3) is 11.0 Å². The summed E-state index contributed by atoms with van der Waals surface area (Å²) >= 11 is 0. The second-order valence-electron chi connectivity index (χ2n) is 6.79. The molecule has 1 aromatic heterocycles. The Morgan fingerprint density at radius 2 is 2.12 bits per heavy atom. The van der Waals surface area contributed by atoms with Gasteiger partial charge in [-0.25, -0.2) is 4.98 Å². The van der Waals surface area contributed by atoms with Gasteiger partial charge in [0.2, 0.25) is 11.8 Å². The number of aromatic nitrogens is 2. The van der Waals surface area contributed by atoms with Crippen LogP contribution in [0.2, 0.25) is 0 Å². The van der Waals surface area contributed by atoms with Gasteiger partial charge in [0, 0.05) is 38.5 Å². The molecule has 0 bridgehead atoms. The van der Waals surface area contributed by atoms with Crippen LogP contribution in [-0.4, -0.2) is 58.4 Å². The van der Waals surface area contributed by atoms with Crippen molar-refractivity contribution >= 4 is 22.8 Å². The van der Waals surface area contributed by atoms with Crippen LogP contribution in [0.15, 0.2) is 24.3 Å². The predicted molar refractivity (Wildman–Crippen MR) is 94.0 cm³/mol. The van der Waals surface area contributed by atoms with Crippen molar-refractivity contribution in [3.8, 4) is 0 Å². The van der Waals surface area contributed by atoms with Crippen LogP contribution in [-0.2, 0) is 16.0 Å². The molecule has 1 saturated heterocycles. The van der Waals surface area contributed by atoms with E-state index in [1.54, 1.807) is 4.90 Å². The Hall–Kier alpha value is -2.41. The van der Waals surface area contributed by atoms with Crippen molar-refractivity contribution in [3.63, 3.8) is 0 Å². The molecule has 4 rings (SSSR count). The topological polar surface area (TPSA) is 90.1 Å². The Bertz CT molecular complexity index is 750. The van der Waals surface area contributed by atoms with E-state index >= 15 is 0 Å². The lowest BCUT2D eigenvalue weighted by Crippen LogP contribution is -2.59. The second-order valence-corrected chi connectivity index (χ2v) is 6.79. The SMILES string of the molecule is O=C(NC1CC1)[C@@H]1CNCCN1C(=O)CCc1nc2ccccc2[nH]1. The molecule has 3 N–H and O–H groups in total. The predicted octanol–water partition coefficient (Wildman–Crippen LogP) is 0.575. The minimum absolute atomic E-state index is 0.0119. The molecular weight excluding hydrogens is 318 g/mol. The Morgan fingerprint density at radius 3 is 2.92 bits per heavy atom. The van der Waals surface area contributed by atoms with Crippen LogP contribution in [0.4, 0.5) is 0 Å². The van der Waals surface area contributed by atoms with Gasteiger partial charge in [-0.1, -0.05) is 12.1 Å². The second kappa shape index (κ2) is 6.84. The highest BCUT2D eigenvalue weighted by Crippen LogP contribution is 2.19. The van der Waals surface area contributed by atoms with Crippen LogP contribution in [0.1, 0.15) is 25.1 Å². The number of carbonyl (C=O) groups excluding carboxylic acids is 2. The molecule has 1 aliphatic carbocycles. The van der Waals surface area contributed by atoms with Crippen molar-refractivity contribution in [1.82, 2.24) is 25.5 Å². The molecule has 0 radical (unpaired) electrons. The molecule has 25 heavy (non-hydrogen) atoms. The molecule has 2 fully saturated rings. The van der Waals surface area contributed by atoms with Gasteiger partial charge in [-0.05, 0) is 25.0 Å². The summed E-state index contributed by atoms with van der Waals surface area (Å²) in [6.45, 7) is 1.82. The third kappa shape index (κ3) is 3.66. The molecule has 2 aromatic rings. The average Bonchev–Trinajstić information content (AvgIpc) is 3.35. The maximum Gasteiger partial charge on any atom is 0.244 e. The van der Waals surface area contributed by atoms with E-state index in [1.807, 2.05) is 24.3 Å². The van der Waals surface area contributed by atoms with Crippen LogP contribution in [0, 0.1) is 0 Å². The summed E-state index contributed by atoms with van der Waals surface area (Å²) in [6.07, 6.45) is 3.00. The molecule has 1 saturated carbocycles. The first-order valence-electron chi connectivity index (χ1n) is 8.95. The maximum absolute atomic E-state index is 12.7. The number of piperazine rings is 1. The Labute approximate surface area is 146 Å². The number of hydrogen-bond donors (Lipinski definition) is 3. The lowest BCUT2D eigenvalue weighted by Gasteiger charge is -2.35. The van der Waals surface area contributed by atoms with E-state index < -0.39 is 6.04 Å². The molecule has 132 valence electrons. The lowest BCUT2D eigenvalue weighted by molar-refractivity contribution is -0.141. The Kier molecular flexibility index (Phi) is 4.40. The van der Waals surface area contributed by atoms with Gasteiger partial charge in [-0.3, -0.25) is 9.59 Å². The molecule has 7 nitrogen and oxygen atoms in total. The van der Waals surface area contributed by atoms with Gasteiger partial charge >= 0.3 is 0 Å². The summed E-state index contributed by atoms with van der Waals surface area (Å²) in [5.74, 6) is 0.786. The fraction of sp³-hybridized carbons (Fsp3) is 0.500. The molecule has 2 heterocycles. The zero-order valence-electron chi connectivity index (χ0n) is 14.1. The van der Waals surface area contributed by atoms with E-state index in [0.717, 1.165) is 36.2 Å². The van der Waals surface area contributed by atoms with E-state index in [2.05, 4.69) is 20.6 Å². The number of benzene rings is 1. The average molecular weight is 341 g/mol. The lowest BCUT2D eigenvalue weighted by atomic mass is 10.1. The highest BCUT2D eigenvalue weighted by Gasteiger charge is 2.34. The van der Waals surface area contributed by atoms with Gasteiger partial charge in [0.15, 0.2) is 0 Å². The van der Waals surface area contributed by atoms with Crippen molar-refractivity contribution in [3.05, 3.63) is 30.1 Å². The van der Waals surface area contributed by atoms with Crippen molar-refractivity contribution in [2.75, 3.05) is 19.6 Å². The zero-order chi connectivity index (χ0) is 17.2. The summed E-state index contributed by atoms with van der Waals surface area (Å²) in [6, 6.07) is 7.73. The first-order chi connectivity index (χ1) is 12.2. The van der Waals surface area contributed by atoms with Crippen LogP contribution in [0.5, 0.6) is 0 Å². The smallest absolute Gasteiger partial charge is 0.244 e. The van der Waals surface area contributed by atoms with Gasteiger partial charge in [-0.2, -0.15) is 0 Å². The molecule has 2 aliphatic rings.